The molecule has 1 heterocycles. The maximum Gasteiger partial charge on any atom is 0.257 e. The van der Waals surface area contributed by atoms with Gasteiger partial charge in [-0.1, -0.05) is 42.4 Å². The van der Waals surface area contributed by atoms with Gasteiger partial charge in [-0.2, -0.15) is 4.98 Å². The summed E-state index contributed by atoms with van der Waals surface area (Å²) in [4.78, 5) is 15.0. The minimum absolute atomic E-state index is 0.0458. The summed E-state index contributed by atoms with van der Waals surface area (Å²) in [6.07, 6.45) is -0.620. The van der Waals surface area contributed by atoms with E-state index in [1.54, 1.807) is 6.92 Å². The molecule has 0 aliphatic rings. The molecule has 2 radical (unpaired) electrons. The van der Waals surface area contributed by atoms with Crippen molar-refractivity contribution < 1.29 is 14.4 Å². The average molecular weight is 271 g/mol. The number of amides is 1. The van der Waals surface area contributed by atoms with Crippen molar-refractivity contribution in [3.8, 4) is 11.4 Å². The van der Waals surface area contributed by atoms with Crippen molar-refractivity contribution in [2.24, 2.45) is 0 Å². The van der Waals surface area contributed by atoms with Crippen LogP contribution in [0.1, 0.15) is 25.3 Å². The Hall–Kier alpha value is -2.15. The number of nitrogens with one attached hydrogen (secondary N) is 1. The van der Waals surface area contributed by atoms with E-state index in [4.69, 9.17) is 12.4 Å². The second-order valence-corrected chi connectivity index (χ2v) is 4.29. The number of benzene rings is 1. The molecule has 2 atom stereocenters. The van der Waals surface area contributed by atoms with Crippen LogP contribution in [0.2, 0.25) is 0 Å². The molecule has 0 aliphatic heterocycles. The summed E-state index contributed by atoms with van der Waals surface area (Å²) in [6, 6.07) is 8.68. The number of aliphatic hydroxyl groups is 1. The minimum Gasteiger partial charge on any atom is -0.381 e. The third-order valence-electron chi connectivity index (χ3n) is 2.88. The molecular weight excluding hydrogens is 257 g/mol. The molecule has 1 amide bonds. The van der Waals surface area contributed by atoms with E-state index in [9.17, 15) is 9.90 Å². The van der Waals surface area contributed by atoms with E-state index < -0.39 is 18.0 Å². The van der Waals surface area contributed by atoms with Crippen molar-refractivity contribution in [1.29, 1.82) is 0 Å². The van der Waals surface area contributed by atoms with Crippen LogP contribution in [0.3, 0.4) is 0 Å². The SMILES string of the molecule is [B]C(=O)N[C@@H](CC)C(O)c1nc(-c2ccccc2)no1. The fourth-order valence-corrected chi connectivity index (χ4v) is 1.82. The maximum absolute atomic E-state index is 10.9. The van der Waals surface area contributed by atoms with Gasteiger partial charge in [-0.05, 0) is 6.42 Å². The van der Waals surface area contributed by atoms with Crippen LogP contribution in [0, 0.1) is 0 Å². The van der Waals surface area contributed by atoms with E-state index in [0.717, 1.165) is 5.56 Å². The number of nitrogens with zero attached hydrogens (tertiary/aromatic N) is 2. The summed E-state index contributed by atoms with van der Waals surface area (Å²) >= 11 is 0. The number of rotatable bonds is 5. The van der Waals surface area contributed by atoms with E-state index in [2.05, 4.69) is 15.5 Å². The highest BCUT2D eigenvalue weighted by atomic mass is 16.5. The van der Waals surface area contributed by atoms with E-state index in [-0.39, 0.29) is 5.89 Å². The number of carbonyl (C=O) groups is 1. The largest absolute Gasteiger partial charge is 0.381 e. The van der Waals surface area contributed by atoms with Gasteiger partial charge in [0.05, 0.1) is 6.04 Å². The normalized spacial score (nSPS) is 13.7. The molecule has 102 valence electrons. The lowest BCUT2D eigenvalue weighted by atomic mass is 10.0. The molecule has 0 bridgehead atoms. The predicted octanol–water partition coefficient (Wildman–Crippen LogP) is 1.43. The van der Waals surface area contributed by atoms with Crippen LogP contribution in [0.15, 0.2) is 34.9 Å². The first kappa shape index (κ1) is 14.3. The number of aromatic nitrogens is 2. The van der Waals surface area contributed by atoms with Gasteiger partial charge in [-0.3, -0.25) is 4.79 Å². The van der Waals surface area contributed by atoms with E-state index in [1.807, 2.05) is 30.3 Å². The summed E-state index contributed by atoms with van der Waals surface area (Å²) in [5.41, 5.74) is 0.783. The lowest BCUT2D eigenvalue weighted by molar-refractivity contribution is 0.0953. The second kappa shape index (κ2) is 6.34. The van der Waals surface area contributed by atoms with Crippen LogP contribution >= 0.6 is 0 Å². The van der Waals surface area contributed by atoms with Crippen molar-refractivity contribution in [1.82, 2.24) is 15.5 Å². The average Bonchev–Trinajstić information content (AvgIpc) is 2.94. The Balaban J connectivity index is 2.17. The van der Waals surface area contributed by atoms with Crippen LogP contribution in [0.25, 0.3) is 11.4 Å². The van der Waals surface area contributed by atoms with Crippen molar-refractivity contribution in [3.05, 3.63) is 36.2 Å². The zero-order chi connectivity index (χ0) is 14.5. The highest BCUT2D eigenvalue weighted by Gasteiger charge is 2.25. The summed E-state index contributed by atoms with van der Waals surface area (Å²) in [6.45, 7) is 1.80. The Bertz CT molecular complexity index is 573. The zero-order valence-corrected chi connectivity index (χ0v) is 11.0. The molecule has 0 fully saturated rings. The molecule has 1 unspecified atom stereocenters. The third-order valence-corrected chi connectivity index (χ3v) is 2.88. The monoisotopic (exact) mass is 271 g/mol. The van der Waals surface area contributed by atoms with Crippen LogP contribution in [-0.2, 0) is 0 Å². The van der Waals surface area contributed by atoms with Gasteiger partial charge in [0, 0.05) is 5.56 Å². The molecule has 1 aromatic heterocycles. The van der Waals surface area contributed by atoms with Gasteiger partial charge >= 0.3 is 0 Å². The smallest absolute Gasteiger partial charge is 0.257 e. The molecule has 2 aromatic rings. The summed E-state index contributed by atoms with van der Waals surface area (Å²) in [5.74, 6) is -0.281. The molecule has 6 nitrogen and oxygen atoms in total. The molecule has 2 N–H and O–H groups in total. The molecular formula is C13H14BN3O3. The standard InChI is InChI=1S/C13H14BN3O3/c1-2-9(15-13(14)19)10(18)12-16-11(17-20-12)8-6-4-3-5-7-8/h3-7,9-10,18H,2H2,1H3,(H,15,19)/t9-,10?/m0/s1. The number of carbonyl (C=O) groups excluding carboxylic acids is 1. The van der Waals surface area contributed by atoms with Crippen molar-refractivity contribution in [2.75, 3.05) is 0 Å². The molecule has 0 aliphatic carbocycles. The minimum atomic E-state index is -1.10. The highest BCUT2D eigenvalue weighted by Crippen LogP contribution is 2.21. The van der Waals surface area contributed by atoms with Gasteiger partial charge in [0.15, 0.2) is 11.9 Å². The number of hydrogen-bond acceptors (Lipinski definition) is 5. The van der Waals surface area contributed by atoms with E-state index in [1.165, 1.54) is 0 Å². The molecule has 0 saturated heterocycles. The Labute approximate surface area is 117 Å². The zero-order valence-electron chi connectivity index (χ0n) is 11.0. The fraction of sp³-hybridized carbons (Fsp3) is 0.308. The quantitative estimate of drug-likeness (QED) is 0.803. The Kier molecular flexibility index (Phi) is 4.52. The maximum atomic E-state index is 10.9. The summed E-state index contributed by atoms with van der Waals surface area (Å²) in [5, 5.41) is 16.4. The van der Waals surface area contributed by atoms with Gasteiger partial charge in [0.25, 0.3) is 5.89 Å². The summed E-state index contributed by atoms with van der Waals surface area (Å²) in [7, 11) is 5.05. The van der Waals surface area contributed by atoms with Crippen molar-refractivity contribution in [3.63, 3.8) is 0 Å². The van der Waals surface area contributed by atoms with Crippen LogP contribution in [-0.4, -0.2) is 34.9 Å². The molecule has 0 spiro atoms. The molecule has 0 saturated carbocycles. The second-order valence-electron chi connectivity index (χ2n) is 4.29. The van der Waals surface area contributed by atoms with Crippen LogP contribution in [0.4, 0.5) is 4.79 Å². The number of hydrogen-bond donors (Lipinski definition) is 2. The number of aliphatic hydroxyl groups excluding tert-OH is 1. The predicted molar refractivity (Wildman–Crippen MR) is 73.1 cm³/mol. The van der Waals surface area contributed by atoms with Gasteiger partial charge in [0.1, 0.15) is 0 Å². The Morgan fingerprint density at radius 2 is 2.15 bits per heavy atom. The molecule has 2 rings (SSSR count). The van der Waals surface area contributed by atoms with Crippen LogP contribution in [0.5, 0.6) is 0 Å². The molecule has 1 aromatic carbocycles. The summed E-state index contributed by atoms with van der Waals surface area (Å²) < 4.78 is 5.04. The Morgan fingerprint density at radius 3 is 2.75 bits per heavy atom. The lowest BCUT2D eigenvalue weighted by Crippen LogP contribution is -2.38. The van der Waals surface area contributed by atoms with Crippen molar-refractivity contribution in [2.45, 2.75) is 25.5 Å². The lowest BCUT2D eigenvalue weighted by Gasteiger charge is -2.19. The first-order valence-corrected chi connectivity index (χ1v) is 6.25. The topological polar surface area (TPSA) is 88.2 Å². The van der Waals surface area contributed by atoms with Gasteiger partial charge < -0.3 is 14.9 Å². The van der Waals surface area contributed by atoms with E-state index >= 15 is 0 Å². The highest BCUT2D eigenvalue weighted by molar-refractivity contribution is 6.57. The first-order chi connectivity index (χ1) is 9.61. The fourth-order valence-electron chi connectivity index (χ4n) is 1.82. The van der Waals surface area contributed by atoms with Crippen molar-refractivity contribution >= 4 is 13.7 Å². The molecule has 7 heteroatoms. The molecule has 20 heavy (non-hydrogen) atoms. The van der Waals surface area contributed by atoms with Gasteiger partial charge in [0.2, 0.25) is 13.7 Å². The van der Waals surface area contributed by atoms with Gasteiger partial charge in [-0.25, -0.2) is 0 Å². The first-order valence-electron chi connectivity index (χ1n) is 6.25. The third kappa shape index (κ3) is 3.24. The Morgan fingerprint density at radius 1 is 1.45 bits per heavy atom. The van der Waals surface area contributed by atoms with Crippen LogP contribution < -0.4 is 5.32 Å². The van der Waals surface area contributed by atoms with E-state index in [0.29, 0.717) is 12.2 Å². The van der Waals surface area contributed by atoms with Gasteiger partial charge in [-0.15, -0.1) is 0 Å².